The number of ether oxygens (including phenoxy) is 1. The van der Waals surface area contributed by atoms with E-state index < -0.39 is 22.1 Å². The zero-order valence-corrected chi connectivity index (χ0v) is 15.5. The SMILES string of the molecule is Cc1ccc2nc(C3CN(S(=O)(=O)c4ccc(OC(F)(F)F)cc4)C3)[nH]c2c1. The van der Waals surface area contributed by atoms with Crippen LogP contribution in [0.5, 0.6) is 5.75 Å². The molecule has 1 aromatic heterocycles. The minimum absolute atomic E-state index is 0.0599. The molecule has 1 aliphatic rings. The van der Waals surface area contributed by atoms with Crippen LogP contribution in [0.3, 0.4) is 0 Å². The number of H-pyrrole nitrogens is 1. The summed E-state index contributed by atoms with van der Waals surface area (Å²) in [4.78, 5) is 7.65. The molecule has 2 heterocycles. The predicted molar refractivity (Wildman–Crippen MR) is 95.5 cm³/mol. The molecule has 0 bridgehead atoms. The number of nitrogens with one attached hydrogen (secondary N) is 1. The van der Waals surface area contributed by atoms with Crippen LogP contribution in [0.2, 0.25) is 0 Å². The van der Waals surface area contributed by atoms with Crippen molar-refractivity contribution in [2.75, 3.05) is 13.1 Å². The Morgan fingerprint density at radius 3 is 2.46 bits per heavy atom. The lowest BCUT2D eigenvalue weighted by molar-refractivity contribution is -0.274. The topological polar surface area (TPSA) is 75.3 Å². The highest BCUT2D eigenvalue weighted by Gasteiger charge is 2.39. The number of hydrogen-bond acceptors (Lipinski definition) is 4. The minimum Gasteiger partial charge on any atom is -0.406 e. The predicted octanol–water partition coefficient (Wildman–Crippen LogP) is 3.56. The maximum absolute atomic E-state index is 12.6. The molecule has 3 aromatic rings. The van der Waals surface area contributed by atoms with Gasteiger partial charge in [0.1, 0.15) is 11.6 Å². The number of alkyl halides is 3. The Labute approximate surface area is 159 Å². The molecule has 1 fully saturated rings. The van der Waals surface area contributed by atoms with Crippen LogP contribution in [0.4, 0.5) is 13.2 Å². The van der Waals surface area contributed by atoms with Crippen LogP contribution in [0.15, 0.2) is 47.4 Å². The first kappa shape index (κ1) is 18.8. The number of aryl methyl sites for hydroxylation is 1. The number of imidazole rings is 1. The minimum atomic E-state index is -4.82. The van der Waals surface area contributed by atoms with Crippen molar-refractivity contribution in [1.29, 1.82) is 0 Å². The molecule has 0 amide bonds. The van der Waals surface area contributed by atoms with Gasteiger partial charge in [-0.3, -0.25) is 0 Å². The van der Waals surface area contributed by atoms with E-state index in [0.717, 1.165) is 46.7 Å². The number of rotatable bonds is 4. The van der Waals surface area contributed by atoms with Gasteiger partial charge in [-0.05, 0) is 48.9 Å². The van der Waals surface area contributed by atoms with Crippen molar-refractivity contribution in [2.45, 2.75) is 24.1 Å². The first-order valence-corrected chi connectivity index (χ1v) is 9.88. The van der Waals surface area contributed by atoms with Crippen LogP contribution in [-0.4, -0.2) is 42.1 Å². The van der Waals surface area contributed by atoms with E-state index in [-0.39, 0.29) is 23.9 Å². The lowest BCUT2D eigenvalue weighted by atomic mass is 10.0. The van der Waals surface area contributed by atoms with E-state index in [1.807, 2.05) is 25.1 Å². The summed E-state index contributed by atoms with van der Waals surface area (Å²) in [6.07, 6.45) is -4.82. The Morgan fingerprint density at radius 2 is 1.82 bits per heavy atom. The Morgan fingerprint density at radius 1 is 1.14 bits per heavy atom. The number of aromatic nitrogens is 2. The molecule has 28 heavy (non-hydrogen) atoms. The monoisotopic (exact) mass is 411 g/mol. The van der Waals surface area contributed by atoms with Crippen LogP contribution >= 0.6 is 0 Å². The van der Waals surface area contributed by atoms with E-state index in [0.29, 0.717) is 0 Å². The normalized spacial score (nSPS) is 16.3. The summed E-state index contributed by atoms with van der Waals surface area (Å²) >= 11 is 0. The van der Waals surface area contributed by atoms with Crippen molar-refractivity contribution < 1.29 is 26.3 Å². The second-order valence-corrected chi connectivity index (χ2v) is 8.62. The summed E-state index contributed by atoms with van der Waals surface area (Å²) in [6.45, 7) is 2.48. The second kappa shape index (κ2) is 6.49. The number of halogens is 3. The third-order valence-corrected chi connectivity index (χ3v) is 6.43. The highest BCUT2D eigenvalue weighted by Crippen LogP contribution is 2.32. The van der Waals surface area contributed by atoms with Gasteiger partial charge in [-0.1, -0.05) is 6.07 Å². The van der Waals surface area contributed by atoms with Crippen molar-refractivity contribution in [1.82, 2.24) is 14.3 Å². The number of sulfonamides is 1. The van der Waals surface area contributed by atoms with Gasteiger partial charge < -0.3 is 9.72 Å². The van der Waals surface area contributed by atoms with E-state index in [4.69, 9.17) is 0 Å². The average Bonchev–Trinajstić information content (AvgIpc) is 2.94. The largest absolute Gasteiger partial charge is 0.573 e. The summed E-state index contributed by atoms with van der Waals surface area (Å²) < 4.78 is 66.9. The van der Waals surface area contributed by atoms with Gasteiger partial charge in [0.05, 0.1) is 15.9 Å². The maximum atomic E-state index is 12.6. The molecule has 6 nitrogen and oxygen atoms in total. The number of nitrogens with zero attached hydrogens (tertiary/aromatic N) is 2. The van der Waals surface area contributed by atoms with Gasteiger partial charge in [0.2, 0.25) is 10.0 Å². The van der Waals surface area contributed by atoms with Gasteiger partial charge in [-0.15, -0.1) is 13.2 Å². The Hall–Kier alpha value is -2.59. The van der Waals surface area contributed by atoms with Crippen molar-refractivity contribution in [2.24, 2.45) is 0 Å². The van der Waals surface area contributed by atoms with Gasteiger partial charge in [-0.2, -0.15) is 4.31 Å². The molecule has 4 rings (SSSR count). The van der Waals surface area contributed by atoms with Crippen molar-refractivity contribution >= 4 is 21.1 Å². The lowest BCUT2D eigenvalue weighted by Crippen LogP contribution is -2.48. The highest BCUT2D eigenvalue weighted by atomic mass is 32.2. The van der Waals surface area contributed by atoms with E-state index in [9.17, 15) is 21.6 Å². The van der Waals surface area contributed by atoms with Gasteiger partial charge in [-0.25, -0.2) is 13.4 Å². The van der Waals surface area contributed by atoms with Crippen LogP contribution in [0, 0.1) is 6.92 Å². The van der Waals surface area contributed by atoms with Crippen LogP contribution in [0.1, 0.15) is 17.3 Å². The quantitative estimate of drug-likeness (QED) is 0.712. The Balaban J connectivity index is 1.46. The van der Waals surface area contributed by atoms with Gasteiger partial charge in [0, 0.05) is 19.0 Å². The Bertz CT molecular complexity index is 1120. The van der Waals surface area contributed by atoms with Crippen LogP contribution < -0.4 is 4.74 Å². The summed E-state index contributed by atoms with van der Waals surface area (Å²) in [5.41, 5.74) is 2.82. The molecule has 1 saturated heterocycles. The Kier molecular flexibility index (Phi) is 4.35. The summed E-state index contributed by atoms with van der Waals surface area (Å²) in [7, 11) is -3.79. The molecule has 1 aliphatic heterocycles. The van der Waals surface area contributed by atoms with E-state index in [1.165, 1.54) is 4.31 Å². The number of hydrogen-bond donors (Lipinski definition) is 1. The molecular formula is C18H16F3N3O3S. The first-order valence-electron chi connectivity index (χ1n) is 8.44. The number of fused-ring (bicyclic) bond motifs is 1. The molecule has 0 radical (unpaired) electrons. The van der Waals surface area contributed by atoms with Crippen LogP contribution in [-0.2, 0) is 10.0 Å². The third kappa shape index (κ3) is 3.57. The van der Waals surface area contributed by atoms with Gasteiger partial charge in [0.25, 0.3) is 0 Å². The van der Waals surface area contributed by atoms with Gasteiger partial charge in [0.15, 0.2) is 0 Å². The zero-order valence-electron chi connectivity index (χ0n) is 14.7. The molecule has 2 aromatic carbocycles. The highest BCUT2D eigenvalue weighted by molar-refractivity contribution is 7.89. The summed E-state index contributed by atoms with van der Waals surface area (Å²) in [6, 6.07) is 10.0. The smallest absolute Gasteiger partial charge is 0.406 e. The molecule has 148 valence electrons. The van der Waals surface area contributed by atoms with Crippen LogP contribution in [0.25, 0.3) is 11.0 Å². The van der Waals surface area contributed by atoms with E-state index >= 15 is 0 Å². The van der Waals surface area contributed by atoms with Gasteiger partial charge >= 0.3 is 6.36 Å². The molecule has 0 unspecified atom stereocenters. The summed E-state index contributed by atoms with van der Waals surface area (Å²) in [5, 5.41) is 0. The van der Waals surface area contributed by atoms with E-state index in [2.05, 4.69) is 14.7 Å². The lowest BCUT2D eigenvalue weighted by Gasteiger charge is -2.36. The molecule has 0 aliphatic carbocycles. The molecule has 0 spiro atoms. The fourth-order valence-corrected chi connectivity index (χ4v) is 4.64. The number of benzene rings is 2. The maximum Gasteiger partial charge on any atom is 0.573 e. The molecule has 0 saturated carbocycles. The molecule has 1 N–H and O–H groups in total. The fraction of sp³-hybridized carbons (Fsp3) is 0.278. The molecular weight excluding hydrogens is 395 g/mol. The average molecular weight is 411 g/mol. The van der Waals surface area contributed by atoms with Crippen molar-refractivity contribution in [3.63, 3.8) is 0 Å². The zero-order chi connectivity index (χ0) is 20.1. The molecule has 0 atom stereocenters. The number of aromatic amines is 1. The fourth-order valence-electron chi connectivity index (χ4n) is 3.11. The standard InChI is InChI=1S/C18H16F3N3O3S/c1-11-2-7-15-16(8-11)23-17(22-15)12-9-24(10-12)28(25,26)14-5-3-13(4-6-14)27-18(19,20)21/h2-8,12H,9-10H2,1H3,(H,22,23). The summed E-state index contributed by atoms with van der Waals surface area (Å²) in [5.74, 6) is 0.196. The van der Waals surface area contributed by atoms with Crippen molar-refractivity contribution in [3.8, 4) is 5.75 Å². The van der Waals surface area contributed by atoms with E-state index in [1.54, 1.807) is 0 Å². The third-order valence-electron chi connectivity index (χ3n) is 4.59. The first-order chi connectivity index (χ1) is 13.1. The van der Waals surface area contributed by atoms with Crippen molar-refractivity contribution in [3.05, 3.63) is 53.9 Å². The second-order valence-electron chi connectivity index (χ2n) is 6.68. The molecule has 10 heteroatoms.